The van der Waals surface area contributed by atoms with Crippen molar-refractivity contribution in [3.63, 3.8) is 0 Å². The molecular formula is C18H17FN2O2S. The third-order valence-electron chi connectivity index (χ3n) is 3.22. The van der Waals surface area contributed by atoms with E-state index in [0.29, 0.717) is 0 Å². The largest absolute Gasteiger partial charge is 0.355 e. The quantitative estimate of drug-likeness (QED) is 0.789. The molecule has 0 unspecified atom stereocenters. The Labute approximate surface area is 145 Å². The van der Waals surface area contributed by atoms with Crippen LogP contribution in [0, 0.1) is 5.82 Å². The zero-order valence-corrected chi connectivity index (χ0v) is 13.7. The van der Waals surface area contributed by atoms with Crippen molar-refractivity contribution < 1.29 is 14.0 Å². The van der Waals surface area contributed by atoms with Crippen LogP contribution < -0.4 is 10.6 Å². The standard InChI is InChI=1S/C18H17FN2O2S/c19-15-8-6-14(7-9-15)10-16(22)12-20-18(24)21-17(23)11-13-4-2-1-3-5-13/h1-9H,10-12H2,(H2,20,21,23,24). The van der Waals surface area contributed by atoms with Crippen molar-refractivity contribution in [3.8, 4) is 0 Å². The Balaban J connectivity index is 1.71. The van der Waals surface area contributed by atoms with Gasteiger partial charge in [-0.15, -0.1) is 0 Å². The minimum Gasteiger partial charge on any atom is -0.355 e. The third kappa shape index (κ3) is 6.26. The predicted molar refractivity (Wildman–Crippen MR) is 94.0 cm³/mol. The average molecular weight is 344 g/mol. The number of amides is 1. The highest BCUT2D eigenvalue weighted by Crippen LogP contribution is 2.03. The lowest BCUT2D eigenvalue weighted by Gasteiger charge is -2.09. The van der Waals surface area contributed by atoms with Crippen molar-refractivity contribution in [2.75, 3.05) is 6.54 Å². The van der Waals surface area contributed by atoms with Crippen molar-refractivity contribution in [3.05, 3.63) is 71.5 Å². The summed E-state index contributed by atoms with van der Waals surface area (Å²) in [7, 11) is 0. The second-order valence-electron chi connectivity index (χ2n) is 5.24. The summed E-state index contributed by atoms with van der Waals surface area (Å²) in [4.78, 5) is 23.7. The second-order valence-corrected chi connectivity index (χ2v) is 5.64. The van der Waals surface area contributed by atoms with Gasteiger partial charge in [-0.05, 0) is 35.5 Å². The van der Waals surface area contributed by atoms with Crippen LogP contribution in [0.2, 0.25) is 0 Å². The van der Waals surface area contributed by atoms with Gasteiger partial charge in [-0.25, -0.2) is 4.39 Å². The zero-order valence-electron chi connectivity index (χ0n) is 12.9. The fourth-order valence-electron chi connectivity index (χ4n) is 2.07. The van der Waals surface area contributed by atoms with E-state index in [0.717, 1.165) is 11.1 Å². The Morgan fingerprint density at radius 3 is 2.21 bits per heavy atom. The lowest BCUT2D eigenvalue weighted by atomic mass is 10.1. The van der Waals surface area contributed by atoms with Gasteiger partial charge in [-0.2, -0.15) is 0 Å². The van der Waals surface area contributed by atoms with Crippen molar-refractivity contribution in [1.82, 2.24) is 10.6 Å². The van der Waals surface area contributed by atoms with Crippen LogP contribution in [0.15, 0.2) is 54.6 Å². The van der Waals surface area contributed by atoms with Crippen LogP contribution in [0.4, 0.5) is 4.39 Å². The van der Waals surface area contributed by atoms with Crippen LogP contribution in [0.3, 0.4) is 0 Å². The molecule has 0 heterocycles. The molecule has 0 spiro atoms. The summed E-state index contributed by atoms with van der Waals surface area (Å²) in [6, 6.07) is 15.0. The number of hydrogen-bond acceptors (Lipinski definition) is 3. The third-order valence-corrected chi connectivity index (χ3v) is 3.47. The van der Waals surface area contributed by atoms with Gasteiger partial charge in [0.05, 0.1) is 13.0 Å². The maximum absolute atomic E-state index is 12.8. The van der Waals surface area contributed by atoms with Crippen LogP contribution >= 0.6 is 12.2 Å². The summed E-state index contributed by atoms with van der Waals surface area (Å²) < 4.78 is 12.8. The minimum absolute atomic E-state index is 0.00181. The molecule has 2 aromatic rings. The molecule has 0 bridgehead atoms. The van der Waals surface area contributed by atoms with Gasteiger partial charge in [0.2, 0.25) is 5.91 Å². The minimum atomic E-state index is -0.341. The molecule has 2 N–H and O–H groups in total. The second kappa shape index (κ2) is 8.88. The van der Waals surface area contributed by atoms with Gasteiger partial charge in [0.15, 0.2) is 10.9 Å². The number of halogens is 1. The van der Waals surface area contributed by atoms with E-state index >= 15 is 0 Å². The molecular weight excluding hydrogens is 327 g/mol. The zero-order chi connectivity index (χ0) is 17.4. The lowest BCUT2D eigenvalue weighted by Crippen LogP contribution is -2.42. The number of ketones is 1. The number of Topliss-reactive ketones (excluding diaryl/α,β-unsaturated/α-hetero) is 1. The maximum Gasteiger partial charge on any atom is 0.230 e. The van der Waals surface area contributed by atoms with Crippen molar-refractivity contribution >= 4 is 29.0 Å². The Hall–Kier alpha value is -2.60. The molecule has 6 heteroatoms. The Morgan fingerprint density at radius 2 is 1.54 bits per heavy atom. The number of benzene rings is 2. The Morgan fingerprint density at radius 1 is 0.917 bits per heavy atom. The first kappa shape index (κ1) is 17.7. The van der Waals surface area contributed by atoms with E-state index in [1.165, 1.54) is 12.1 Å². The molecule has 0 aromatic heterocycles. The van der Waals surface area contributed by atoms with Crippen molar-refractivity contribution in [2.24, 2.45) is 0 Å². The summed E-state index contributed by atoms with van der Waals surface area (Å²) in [6.07, 6.45) is 0.389. The average Bonchev–Trinajstić information content (AvgIpc) is 2.56. The highest BCUT2D eigenvalue weighted by atomic mass is 32.1. The number of thiocarbonyl (C=S) groups is 1. The van der Waals surface area contributed by atoms with Gasteiger partial charge < -0.3 is 10.6 Å². The summed E-state index contributed by atoms with van der Waals surface area (Å²) in [6.45, 7) is 0.00181. The first-order chi connectivity index (χ1) is 11.5. The Kier molecular flexibility index (Phi) is 6.57. The van der Waals surface area contributed by atoms with Crippen LogP contribution in [0.1, 0.15) is 11.1 Å². The summed E-state index contributed by atoms with van der Waals surface area (Å²) in [5, 5.41) is 5.36. The van der Waals surface area contributed by atoms with Crippen LogP contribution in [0.25, 0.3) is 0 Å². The molecule has 0 atom stereocenters. The number of carbonyl (C=O) groups excluding carboxylic acids is 2. The Bertz CT molecular complexity index is 718. The maximum atomic E-state index is 12.8. The summed E-state index contributed by atoms with van der Waals surface area (Å²) >= 11 is 5.00. The van der Waals surface area contributed by atoms with Gasteiger partial charge >= 0.3 is 0 Å². The first-order valence-corrected chi connectivity index (χ1v) is 7.81. The van der Waals surface area contributed by atoms with Gasteiger partial charge in [-0.1, -0.05) is 42.5 Å². The normalized spacial score (nSPS) is 10.0. The molecule has 124 valence electrons. The van der Waals surface area contributed by atoms with E-state index in [9.17, 15) is 14.0 Å². The highest BCUT2D eigenvalue weighted by molar-refractivity contribution is 7.80. The predicted octanol–water partition coefficient (Wildman–Crippen LogP) is 2.17. The molecule has 0 aliphatic carbocycles. The van der Waals surface area contributed by atoms with Crippen LogP contribution in [0.5, 0.6) is 0 Å². The number of carbonyl (C=O) groups is 2. The highest BCUT2D eigenvalue weighted by Gasteiger charge is 2.08. The molecule has 0 saturated carbocycles. The van der Waals surface area contributed by atoms with Gasteiger partial charge in [0.1, 0.15) is 5.82 Å². The lowest BCUT2D eigenvalue weighted by molar-refractivity contribution is -0.119. The fraction of sp³-hybridized carbons (Fsp3) is 0.167. The first-order valence-electron chi connectivity index (χ1n) is 7.40. The van der Waals surface area contributed by atoms with E-state index in [4.69, 9.17) is 12.2 Å². The van der Waals surface area contributed by atoms with E-state index < -0.39 is 0 Å². The molecule has 2 rings (SSSR count). The van der Waals surface area contributed by atoms with E-state index in [1.54, 1.807) is 12.1 Å². The van der Waals surface area contributed by atoms with Crippen molar-refractivity contribution in [1.29, 1.82) is 0 Å². The fourth-order valence-corrected chi connectivity index (χ4v) is 2.25. The number of hydrogen-bond donors (Lipinski definition) is 2. The topological polar surface area (TPSA) is 58.2 Å². The smallest absolute Gasteiger partial charge is 0.230 e. The van der Waals surface area contributed by atoms with Gasteiger partial charge in [0, 0.05) is 6.42 Å². The molecule has 4 nitrogen and oxygen atoms in total. The van der Waals surface area contributed by atoms with Crippen molar-refractivity contribution in [2.45, 2.75) is 12.8 Å². The van der Waals surface area contributed by atoms with E-state index in [-0.39, 0.29) is 42.0 Å². The molecule has 0 aliphatic heterocycles. The summed E-state index contributed by atoms with van der Waals surface area (Å²) in [5.74, 6) is -0.697. The van der Waals surface area contributed by atoms with E-state index in [2.05, 4.69) is 10.6 Å². The molecule has 0 radical (unpaired) electrons. The van der Waals surface area contributed by atoms with Crippen LogP contribution in [-0.2, 0) is 22.4 Å². The van der Waals surface area contributed by atoms with E-state index in [1.807, 2.05) is 30.3 Å². The van der Waals surface area contributed by atoms with Crippen LogP contribution in [-0.4, -0.2) is 23.3 Å². The molecule has 0 aliphatic rings. The summed E-state index contributed by atoms with van der Waals surface area (Å²) in [5.41, 5.74) is 1.60. The molecule has 2 aromatic carbocycles. The van der Waals surface area contributed by atoms with Gasteiger partial charge in [0.25, 0.3) is 0 Å². The SMILES string of the molecule is O=C(CNC(=S)NC(=O)Cc1ccccc1)Cc1ccc(F)cc1. The number of nitrogens with one attached hydrogen (secondary N) is 2. The molecule has 0 saturated heterocycles. The number of rotatable bonds is 6. The molecule has 0 fully saturated rings. The molecule has 1 amide bonds. The monoisotopic (exact) mass is 344 g/mol. The van der Waals surface area contributed by atoms with Gasteiger partial charge in [-0.3, -0.25) is 9.59 Å². The molecule has 24 heavy (non-hydrogen) atoms.